The number of amides is 3. The average Bonchev–Trinajstić information content (AvgIpc) is 2.95. The third-order valence-corrected chi connectivity index (χ3v) is 7.62. The maximum Gasteiger partial charge on any atom is 0.247 e. The Morgan fingerprint density at radius 3 is 2.38 bits per heavy atom. The van der Waals surface area contributed by atoms with Crippen molar-refractivity contribution in [3.8, 4) is 0 Å². The summed E-state index contributed by atoms with van der Waals surface area (Å²) in [6.45, 7) is 2.17. The van der Waals surface area contributed by atoms with Gasteiger partial charge in [-0.25, -0.2) is 4.98 Å². The largest absolute Gasteiger partial charge is 0.351 e. The molecule has 0 aliphatic heterocycles. The minimum atomic E-state index is -0.825. The smallest absolute Gasteiger partial charge is 0.247 e. The first kappa shape index (κ1) is 29.3. The van der Waals surface area contributed by atoms with Crippen LogP contribution in [0.15, 0.2) is 72.9 Å². The number of aryl methyl sites for hydroxylation is 1. The van der Waals surface area contributed by atoms with Gasteiger partial charge in [-0.2, -0.15) is 0 Å². The first-order chi connectivity index (χ1) is 19.4. The van der Waals surface area contributed by atoms with Crippen LogP contribution in [-0.2, 0) is 20.9 Å². The number of hydrogen-bond donors (Lipinski definition) is 2. The molecule has 4 rings (SSSR count). The zero-order chi connectivity index (χ0) is 28.3. The Balaban J connectivity index is 1.55. The zero-order valence-electron chi connectivity index (χ0n) is 22.9. The van der Waals surface area contributed by atoms with Gasteiger partial charge >= 0.3 is 0 Å². The highest BCUT2D eigenvalue weighted by Crippen LogP contribution is 2.29. The van der Waals surface area contributed by atoms with E-state index < -0.39 is 6.04 Å². The van der Waals surface area contributed by atoms with E-state index in [1.54, 1.807) is 35.4 Å². The van der Waals surface area contributed by atoms with Gasteiger partial charge in [0, 0.05) is 36.6 Å². The Kier molecular flexibility index (Phi) is 10.7. The van der Waals surface area contributed by atoms with Gasteiger partial charge < -0.3 is 15.5 Å². The number of carbonyl (C=O) groups is 3. The van der Waals surface area contributed by atoms with Gasteiger partial charge in [-0.05, 0) is 55.5 Å². The van der Waals surface area contributed by atoms with E-state index in [-0.39, 0.29) is 43.1 Å². The topological polar surface area (TPSA) is 91.4 Å². The fraction of sp³-hybridized carbons (Fsp3) is 0.375. The van der Waals surface area contributed by atoms with Crippen LogP contribution < -0.4 is 10.6 Å². The highest BCUT2D eigenvalue weighted by Gasteiger charge is 2.33. The van der Waals surface area contributed by atoms with Crippen LogP contribution in [0.1, 0.15) is 74.1 Å². The number of aromatic nitrogens is 1. The maximum absolute atomic E-state index is 13.9. The highest BCUT2D eigenvalue weighted by molar-refractivity contribution is 6.31. The Labute approximate surface area is 241 Å². The van der Waals surface area contributed by atoms with Crippen molar-refractivity contribution in [2.45, 2.75) is 76.9 Å². The summed E-state index contributed by atoms with van der Waals surface area (Å²) >= 11 is 6.51. The standard InChI is InChI=1S/C32H37ClN4O3/c1-23-17-19-24(20-18-23)31(32(40)35-26-11-3-2-4-12-26)37(22-25-10-5-6-13-27(25)33)30(39)16-9-15-29(38)36-28-14-7-8-21-34-28/h5-8,10,13-14,17-21,26,31H,2-4,9,11-12,15-16,22H2,1H3,(H,35,40)(H,34,36,38). The molecule has 3 amide bonds. The minimum absolute atomic E-state index is 0.0988. The number of nitrogens with zero attached hydrogens (tertiary/aromatic N) is 2. The van der Waals surface area contributed by atoms with Crippen molar-refractivity contribution in [3.05, 3.63) is 94.6 Å². The molecule has 40 heavy (non-hydrogen) atoms. The van der Waals surface area contributed by atoms with E-state index in [2.05, 4.69) is 15.6 Å². The molecule has 1 aromatic heterocycles. The van der Waals surface area contributed by atoms with Crippen LogP contribution in [0.25, 0.3) is 0 Å². The molecule has 3 aromatic rings. The second-order valence-corrected chi connectivity index (χ2v) is 10.8. The lowest BCUT2D eigenvalue weighted by molar-refractivity contribution is -0.142. The fourth-order valence-electron chi connectivity index (χ4n) is 5.07. The van der Waals surface area contributed by atoms with Gasteiger partial charge in [0.05, 0.1) is 0 Å². The molecule has 0 bridgehead atoms. The van der Waals surface area contributed by atoms with E-state index in [9.17, 15) is 14.4 Å². The molecule has 0 radical (unpaired) electrons. The van der Waals surface area contributed by atoms with Gasteiger partial charge in [0.2, 0.25) is 17.7 Å². The van der Waals surface area contributed by atoms with E-state index in [4.69, 9.17) is 11.6 Å². The molecule has 2 aromatic carbocycles. The molecule has 1 aliphatic carbocycles. The number of carbonyl (C=O) groups excluding carboxylic acids is 3. The van der Waals surface area contributed by atoms with Gasteiger partial charge in [0.1, 0.15) is 11.9 Å². The number of halogens is 1. The van der Waals surface area contributed by atoms with Crippen molar-refractivity contribution >= 4 is 35.1 Å². The van der Waals surface area contributed by atoms with Gasteiger partial charge in [-0.1, -0.05) is 85.0 Å². The quantitative estimate of drug-likeness (QED) is 0.285. The second-order valence-electron chi connectivity index (χ2n) is 10.4. The molecule has 0 spiro atoms. The van der Waals surface area contributed by atoms with Gasteiger partial charge in [0.25, 0.3) is 0 Å². The molecule has 210 valence electrons. The number of rotatable bonds is 11. The summed E-state index contributed by atoms with van der Waals surface area (Å²) in [5.41, 5.74) is 2.57. The number of nitrogens with one attached hydrogen (secondary N) is 2. The van der Waals surface area contributed by atoms with Crippen LogP contribution in [-0.4, -0.2) is 33.6 Å². The van der Waals surface area contributed by atoms with Crippen LogP contribution in [0.3, 0.4) is 0 Å². The lowest BCUT2D eigenvalue weighted by Crippen LogP contribution is -2.46. The van der Waals surface area contributed by atoms with Gasteiger partial charge in [-0.15, -0.1) is 0 Å². The lowest BCUT2D eigenvalue weighted by atomic mass is 9.94. The molecular weight excluding hydrogens is 524 g/mol. The summed E-state index contributed by atoms with van der Waals surface area (Å²) in [6.07, 6.45) is 7.44. The van der Waals surface area contributed by atoms with Crippen LogP contribution in [0.5, 0.6) is 0 Å². The summed E-state index contributed by atoms with van der Waals surface area (Å²) in [5, 5.41) is 6.52. The maximum atomic E-state index is 13.9. The second kappa shape index (κ2) is 14.6. The summed E-state index contributed by atoms with van der Waals surface area (Å²) in [5.74, 6) is -0.147. The van der Waals surface area contributed by atoms with Crippen molar-refractivity contribution < 1.29 is 14.4 Å². The first-order valence-corrected chi connectivity index (χ1v) is 14.4. The number of benzene rings is 2. The summed E-state index contributed by atoms with van der Waals surface area (Å²) in [4.78, 5) is 45.9. The van der Waals surface area contributed by atoms with E-state index in [0.717, 1.165) is 42.4 Å². The van der Waals surface area contributed by atoms with Crippen LogP contribution in [0, 0.1) is 6.92 Å². The lowest BCUT2D eigenvalue weighted by Gasteiger charge is -2.34. The van der Waals surface area contributed by atoms with Crippen LogP contribution in [0.4, 0.5) is 5.82 Å². The molecule has 2 N–H and O–H groups in total. The molecule has 1 saturated carbocycles. The normalized spacial score (nSPS) is 14.2. The Morgan fingerprint density at radius 2 is 1.68 bits per heavy atom. The van der Waals surface area contributed by atoms with Crippen LogP contribution in [0.2, 0.25) is 5.02 Å². The zero-order valence-corrected chi connectivity index (χ0v) is 23.7. The van der Waals surface area contributed by atoms with Crippen molar-refractivity contribution in [1.82, 2.24) is 15.2 Å². The van der Waals surface area contributed by atoms with Gasteiger partial charge in [-0.3, -0.25) is 14.4 Å². The van der Waals surface area contributed by atoms with E-state index in [1.165, 1.54) is 6.42 Å². The predicted octanol–water partition coefficient (Wildman–Crippen LogP) is 6.37. The molecule has 8 heteroatoms. The van der Waals surface area contributed by atoms with Crippen molar-refractivity contribution in [3.63, 3.8) is 0 Å². The molecule has 1 unspecified atom stereocenters. The van der Waals surface area contributed by atoms with E-state index >= 15 is 0 Å². The molecule has 1 atom stereocenters. The molecule has 7 nitrogen and oxygen atoms in total. The molecule has 1 aliphatic rings. The average molecular weight is 561 g/mol. The van der Waals surface area contributed by atoms with Crippen molar-refractivity contribution in [2.75, 3.05) is 5.32 Å². The SMILES string of the molecule is Cc1ccc(C(C(=O)NC2CCCCC2)N(Cc2ccccc2Cl)C(=O)CCCC(=O)Nc2ccccn2)cc1. The van der Waals surface area contributed by atoms with E-state index in [0.29, 0.717) is 17.3 Å². The summed E-state index contributed by atoms with van der Waals surface area (Å²) in [7, 11) is 0. The molecular formula is C32H37ClN4O3. The van der Waals surface area contributed by atoms with E-state index in [1.807, 2.05) is 49.4 Å². The van der Waals surface area contributed by atoms with Crippen molar-refractivity contribution in [1.29, 1.82) is 0 Å². The minimum Gasteiger partial charge on any atom is -0.351 e. The number of anilines is 1. The number of pyridine rings is 1. The van der Waals surface area contributed by atoms with Crippen molar-refractivity contribution in [2.24, 2.45) is 0 Å². The third kappa shape index (κ3) is 8.39. The van der Waals surface area contributed by atoms with Gasteiger partial charge in [0.15, 0.2) is 0 Å². The third-order valence-electron chi connectivity index (χ3n) is 7.25. The molecule has 1 fully saturated rings. The number of hydrogen-bond acceptors (Lipinski definition) is 4. The molecule has 1 heterocycles. The summed E-state index contributed by atoms with van der Waals surface area (Å²) < 4.78 is 0. The highest BCUT2D eigenvalue weighted by atomic mass is 35.5. The Hall–Kier alpha value is -3.71. The Bertz CT molecular complexity index is 1280. The Morgan fingerprint density at radius 1 is 0.950 bits per heavy atom. The summed E-state index contributed by atoms with van der Waals surface area (Å²) in [6, 6.07) is 19.6. The fourth-order valence-corrected chi connectivity index (χ4v) is 5.26. The van der Waals surface area contributed by atoms with Crippen LogP contribution >= 0.6 is 11.6 Å². The first-order valence-electron chi connectivity index (χ1n) is 14.0. The molecule has 0 saturated heterocycles. The predicted molar refractivity (Wildman–Crippen MR) is 158 cm³/mol. The monoisotopic (exact) mass is 560 g/mol.